The van der Waals surface area contributed by atoms with Gasteiger partial charge in [-0.3, -0.25) is 4.79 Å². The largest absolute Gasteiger partial charge is 0.488 e. The smallest absolute Gasteiger partial charge is 0.247 e. The summed E-state index contributed by atoms with van der Waals surface area (Å²) in [6.07, 6.45) is 4.08. The molecule has 0 spiro atoms. The second kappa shape index (κ2) is 9.72. The first-order chi connectivity index (χ1) is 16.7. The molecule has 3 aromatic carbocycles. The zero-order valence-electron chi connectivity index (χ0n) is 18.5. The van der Waals surface area contributed by atoms with Gasteiger partial charge in [0.25, 0.3) is 0 Å². The molecule has 1 aromatic heterocycles. The van der Waals surface area contributed by atoms with Crippen LogP contribution in [-0.4, -0.2) is 35.2 Å². The molecule has 4 aromatic rings. The number of para-hydroxylation sites is 1. The number of nitrogens with zero attached hydrogens (tertiary/aromatic N) is 2. The average molecular weight is 453 g/mol. The van der Waals surface area contributed by atoms with Gasteiger partial charge in [0.2, 0.25) is 11.9 Å². The molecule has 7 heteroatoms. The lowest BCUT2D eigenvalue weighted by molar-refractivity contribution is -0.111. The average Bonchev–Trinajstić information content (AvgIpc) is 3.38. The van der Waals surface area contributed by atoms with E-state index in [9.17, 15) is 4.79 Å². The van der Waals surface area contributed by atoms with Crippen LogP contribution in [-0.2, 0) is 9.53 Å². The van der Waals surface area contributed by atoms with E-state index in [2.05, 4.69) is 22.2 Å². The predicted molar refractivity (Wildman–Crippen MR) is 133 cm³/mol. The Morgan fingerprint density at radius 3 is 2.74 bits per heavy atom. The molecule has 0 aliphatic carbocycles. The fraction of sp³-hybridized carbons (Fsp3) is 0.148. The van der Waals surface area contributed by atoms with E-state index in [-0.39, 0.29) is 12.0 Å². The number of benzene rings is 3. The number of carbonyl (C=O) groups is 1. The molecule has 0 bridgehead atoms. The Hall–Kier alpha value is -4.23. The van der Waals surface area contributed by atoms with Crippen molar-refractivity contribution in [2.75, 3.05) is 23.8 Å². The molecule has 0 unspecified atom stereocenters. The van der Waals surface area contributed by atoms with Gasteiger partial charge in [-0.05, 0) is 48.0 Å². The molecular weight excluding hydrogens is 428 g/mol. The summed E-state index contributed by atoms with van der Waals surface area (Å²) in [4.78, 5) is 21.0. The topological polar surface area (TPSA) is 85.4 Å². The van der Waals surface area contributed by atoms with Gasteiger partial charge in [-0.25, -0.2) is 9.97 Å². The second-order valence-corrected chi connectivity index (χ2v) is 7.96. The molecule has 1 aliphatic rings. The number of rotatable bonds is 7. The van der Waals surface area contributed by atoms with Gasteiger partial charge in [0.15, 0.2) is 0 Å². The lowest BCUT2D eigenvalue weighted by Gasteiger charge is -2.13. The summed E-state index contributed by atoms with van der Waals surface area (Å²) >= 11 is 0. The summed E-state index contributed by atoms with van der Waals surface area (Å²) in [7, 11) is 0. The summed E-state index contributed by atoms with van der Waals surface area (Å²) in [6, 6.07) is 21.3. The lowest BCUT2D eigenvalue weighted by atomic mass is 10.0. The van der Waals surface area contributed by atoms with E-state index in [0.29, 0.717) is 18.2 Å². The Bertz CT molecular complexity index is 1330. The maximum atomic E-state index is 11.7. The number of ether oxygens (including phenoxy) is 2. The minimum absolute atomic E-state index is 0.115. The van der Waals surface area contributed by atoms with E-state index >= 15 is 0 Å². The highest BCUT2D eigenvalue weighted by Crippen LogP contribution is 2.30. The van der Waals surface area contributed by atoms with Crippen LogP contribution < -0.4 is 15.4 Å². The molecule has 2 heterocycles. The third-order valence-corrected chi connectivity index (χ3v) is 5.54. The first-order valence-corrected chi connectivity index (χ1v) is 11.1. The quantitative estimate of drug-likeness (QED) is 0.369. The van der Waals surface area contributed by atoms with Crippen LogP contribution in [0.2, 0.25) is 0 Å². The van der Waals surface area contributed by atoms with Crippen molar-refractivity contribution in [3.05, 3.63) is 85.6 Å². The summed E-state index contributed by atoms with van der Waals surface area (Å²) < 4.78 is 11.3. The lowest BCUT2D eigenvalue weighted by Crippen LogP contribution is -2.15. The maximum Gasteiger partial charge on any atom is 0.247 e. The highest BCUT2D eigenvalue weighted by molar-refractivity contribution is 6.00. The normalized spacial score (nSPS) is 15.1. The number of carbonyl (C=O) groups excluding carboxylic acids is 1. The van der Waals surface area contributed by atoms with Crippen molar-refractivity contribution in [1.82, 2.24) is 9.97 Å². The van der Waals surface area contributed by atoms with Gasteiger partial charge in [0.05, 0.1) is 18.7 Å². The van der Waals surface area contributed by atoms with E-state index in [1.165, 1.54) is 6.08 Å². The molecule has 2 N–H and O–H groups in total. The number of nitrogens with one attached hydrogen (secondary N) is 2. The molecule has 1 amide bonds. The van der Waals surface area contributed by atoms with Crippen LogP contribution in [0.15, 0.2) is 85.6 Å². The number of aromatic nitrogens is 2. The van der Waals surface area contributed by atoms with Crippen molar-refractivity contribution in [2.24, 2.45) is 0 Å². The second-order valence-electron chi connectivity index (χ2n) is 7.96. The SMILES string of the molecule is C=CC(=O)Nc1cccc(-c2cccc3cnc(Nc4ccc(O[C@@H]5CCOC5)cc4)nc23)c1. The third kappa shape index (κ3) is 4.89. The summed E-state index contributed by atoms with van der Waals surface area (Å²) in [6.45, 7) is 4.89. The standard InChI is InChI=1S/C27H24N4O3/c1-2-25(32)29-21-7-3-5-18(15-21)24-8-4-6-19-16-28-27(31-26(19)24)30-20-9-11-22(12-10-20)34-23-13-14-33-17-23/h2-12,15-16,23H,1,13-14,17H2,(H,29,32)(H,28,30,31)/t23-/m1/s1. The minimum atomic E-state index is -0.253. The maximum absolute atomic E-state index is 11.7. The Balaban J connectivity index is 1.39. The number of hydrogen-bond donors (Lipinski definition) is 2. The number of anilines is 3. The summed E-state index contributed by atoms with van der Waals surface area (Å²) in [5.74, 6) is 1.05. The Labute approximate surface area is 197 Å². The van der Waals surface area contributed by atoms with Crippen LogP contribution in [0, 0.1) is 0 Å². The highest BCUT2D eigenvalue weighted by Gasteiger charge is 2.17. The van der Waals surface area contributed by atoms with E-state index in [4.69, 9.17) is 14.5 Å². The number of fused-ring (bicyclic) bond motifs is 1. The molecule has 7 nitrogen and oxygen atoms in total. The van der Waals surface area contributed by atoms with Gasteiger partial charge < -0.3 is 20.1 Å². The minimum Gasteiger partial charge on any atom is -0.488 e. The first kappa shape index (κ1) is 21.6. The van der Waals surface area contributed by atoms with Crippen molar-refractivity contribution in [2.45, 2.75) is 12.5 Å². The molecule has 5 rings (SSSR count). The van der Waals surface area contributed by atoms with Crippen molar-refractivity contribution < 1.29 is 14.3 Å². The molecule has 0 saturated carbocycles. The van der Waals surface area contributed by atoms with Crippen molar-refractivity contribution in [3.63, 3.8) is 0 Å². The van der Waals surface area contributed by atoms with Crippen molar-refractivity contribution in [3.8, 4) is 16.9 Å². The fourth-order valence-corrected chi connectivity index (χ4v) is 3.85. The van der Waals surface area contributed by atoms with Crippen LogP contribution in [0.3, 0.4) is 0 Å². The summed E-state index contributed by atoms with van der Waals surface area (Å²) in [5, 5.41) is 6.99. The molecule has 170 valence electrons. The number of amides is 1. The van der Waals surface area contributed by atoms with Crippen LogP contribution in [0.25, 0.3) is 22.0 Å². The molecule has 1 atom stereocenters. The van der Waals surface area contributed by atoms with E-state index in [1.54, 1.807) is 6.20 Å². The number of hydrogen-bond acceptors (Lipinski definition) is 6. The third-order valence-electron chi connectivity index (χ3n) is 5.54. The molecule has 34 heavy (non-hydrogen) atoms. The molecule has 0 radical (unpaired) electrons. The first-order valence-electron chi connectivity index (χ1n) is 11.1. The molecular formula is C27H24N4O3. The van der Waals surface area contributed by atoms with Crippen LogP contribution in [0.5, 0.6) is 5.75 Å². The van der Waals surface area contributed by atoms with Crippen LogP contribution in [0.1, 0.15) is 6.42 Å². The molecule has 1 saturated heterocycles. The van der Waals surface area contributed by atoms with Gasteiger partial charge in [0.1, 0.15) is 11.9 Å². The van der Waals surface area contributed by atoms with E-state index in [1.807, 2.05) is 66.7 Å². The highest BCUT2D eigenvalue weighted by atomic mass is 16.5. The Morgan fingerprint density at radius 2 is 1.94 bits per heavy atom. The van der Waals surface area contributed by atoms with Gasteiger partial charge >= 0.3 is 0 Å². The predicted octanol–water partition coefficient (Wildman–Crippen LogP) is 5.33. The molecule has 1 aliphatic heterocycles. The summed E-state index contributed by atoms with van der Waals surface area (Å²) in [5.41, 5.74) is 4.25. The zero-order chi connectivity index (χ0) is 23.3. The zero-order valence-corrected chi connectivity index (χ0v) is 18.5. The van der Waals surface area contributed by atoms with Gasteiger partial charge in [-0.1, -0.05) is 36.9 Å². The Morgan fingerprint density at radius 1 is 1.09 bits per heavy atom. The Kier molecular flexibility index (Phi) is 6.18. The van der Waals surface area contributed by atoms with Crippen LogP contribution >= 0.6 is 0 Å². The van der Waals surface area contributed by atoms with Crippen molar-refractivity contribution >= 4 is 34.1 Å². The van der Waals surface area contributed by atoms with Gasteiger partial charge in [-0.15, -0.1) is 0 Å². The molecule has 1 fully saturated rings. The van der Waals surface area contributed by atoms with E-state index in [0.717, 1.165) is 46.5 Å². The van der Waals surface area contributed by atoms with Crippen LogP contribution in [0.4, 0.5) is 17.3 Å². The van der Waals surface area contributed by atoms with E-state index < -0.39 is 0 Å². The van der Waals surface area contributed by atoms with Gasteiger partial charge in [0, 0.05) is 34.9 Å². The monoisotopic (exact) mass is 452 g/mol. The van der Waals surface area contributed by atoms with Crippen molar-refractivity contribution in [1.29, 1.82) is 0 Å². The van der Waals surface area contributed by atoms with Gasteiger partial charge in [-0.2, -0.15) is 0 Å². The fourth-order valence-electron chi connectivity index (χ4n) is 3.85.